The fourth-order valence-corrected chi connectivity index (χ4v) is 11.7. The second kappa shape index (κ2) is 13.7. The summed E-state index contributed by atoms with van der Waals surface area (Å²) >= 11 is 0. The summed E-state index contributed by atoms with van der Waals surface area (Å²) in [6, 6.07) is 0. The molecule has 0 amide bonds. The molecule has 1 saturated heterocycles. The normalized spacial score (nSPS) is 46.9. The summed E-state index contributed by atoms with van der Waals surface area (Å²) in [5.74, 6) is 0. The molecule has 6 heteroatoms. The molecule has 6 aliphatic carbocycles. The maximum Gasteiger partial charge on any atom is 0.0971 e. The van der Waals surface area contributed by atoms with Gasteiger partial charge in [-0.3, -0.25) is 0 Å². The van der Waals surface area contributed by atoms with Crippen molar-refractivity contribution in [2.75, 3.05) is 39.6 Å². The third-order valence-electron chi connectivity index (χ3n) is 13.9. The zero-order chi connectivity index (χ0) is 29.9. The van der Waals surface area contributed by atoms with Crippen molar-refractivity contribution in [1.29, 1.82) is 0 Å². The van der Waals surface area contributed by atoms with Crippen molar-refractivity contribution in [2.45, 2.75) is 201 Å². The quantitative estimate of drug-likeness (QED) is 0.271. The summed E-state index contributed by atoms with van der Waals surface area (Å²) < 4.78 is 42.3. The summed E-state index contributed by atoms with van der Waals surface area (Å²) in [6.45, 7) is 4.44. The van der Waals surface area contributed by atoms with Crippen LogP contribution in [0.3, 0.4) is 0 Å². The van der Waals surface area contributed by atoms with Gasteiger partial charge in [0.1, 0.15) is 0 Å². The van der Waals surface area contributed by atoms with Crippen LogP contribution in [0.25, 0.3) is 0 Å². The average molecular weight is 617 g/mol. The first-order valence-electron chi connectivity index (χ1n) is 19.4. The summed E-state index contributed by atoms with van der Waals surface area (Å²) in [6.07, 6.45) is 30.6. The van der Waals surface area contributed by atoms with Crippen LogP contribution in [0.5, 0.6) is 0 Å². The Morgan fingerprint density at radius 3 is 0.523 bits per heavy atom. The lowest BCUT2D eigenvalue weighted by Gasteiger charge is -2.57. The lowest BCUT2D eigenvalue weighted by atomic mass is 9.63. The van der Waals surface area contributed by atoms with Gasteiger partial charge in [-0.25, -0.2) is 0 Å². The van der Waals surface area contributed by atoms with E-state index in [-0.39, 0.29) is 33.6 Å². The molecule has 1 aliphatic heterocycles. The molecule has 1 heterocycles. The minimum atomic E-state index is -0.159. The Morgan fingerprint density at radius 2 is 0.341 bits per heavy atom. The van der Waals surface area contributed by atoms with E-state index in [2.05, 4.69) is 0 Å². The smallest absolute Gasteiger partial charge is 0.0971 e. The van der Waals surface area contributed by atoms with Gasteiger partial charge in [0.2, 0.25) is 0 Å². The van der Waals surface area contributed by atoms with E-state index in [1.165, 1.54) is 77.0 Å². The molecule has 0 spiro atoms. The first-order chi connectivity index (χ1) is 21.6. The molecule has 44 heavy (non-hydrogen) atoms. The number of rotatable bonds is 0. The number of hydrogen-bond donors (Lipinski definition) is 0. The highest BCUT2D eigenvalue weighted by atomic mass is 16.6. The molecule has 252 valence electrons. The van der Waals surface area contributed by atoms with Crippen molar-refractivity contribution >= 4 is 0 Å². The molecule has 6 nitrogen and oxygen atoms in total. The number of ether oxygens (including phenoxy) is 6. The number of hydrogen-bond acceptors (Lipinski definition) is 6. The second-order valence-corrected chi connectivity index (χ2v) is 16.0. The Labute approximate surface area is 268 Å². The maximum atomic E-state index is 7.07. The third kappa shape index (κ3) is 5.76. The van der Waals surface area contributed by atoms with E-state index in [4.69, 9.17) is 28.4 Å². The van der Waals surface area contributed by atoms with Gasteiger partial charge in [-0.15, -0.1) is 0 Å². The first kappa shape index (κ1) is 32.3. The molecular formula is C38H64O6. The van der Waals surface area contributed by atoms with Crippen LogP contribution in [0.1, 0.15) is 167 Å². The summed E-state index contributed by atoms with van der Waals surface area (Å²) in [7, 11) is 0. The molecule has 0 radical (unpaired) electrons. The monoisotopic (exact) mass is 616 g/mol. The van der Waals surface area contributed by atoms with Gasteiger partial charge in [0.05, 0.1) is 46.8 Å². The minimum absolute atomic E-state index is 0.125. The van der Waals surface area contributed by atoms with E-state index >= 15 is 0 Å². The second-order valence-electron chi connectivity index (χ2n) is 16.0. The minimum Gasteiger partial charge on any atom is -0.372 e. The molecule has 0 aromatic rings. The van der Waals surface area contributed by atoms with Crippen LogP contribution >= 0.6 is 0 Å². The summed E-state index contributed by atoms with van der Waals surface area (Å²) in [5.41, 5.74) is -0.862. The largest absolute Gasteiger partial charge is 0.372 e. The van der Waals surface area contributed by atoms with E-state index in [9.17, 15) is 0 Å². The van der Waals surface area contributed by atoms with Crippen LogP contribution in [0.15, 0.2) is 0 Å². The molecule has 0 aromatic carbocycles. The predicted molar refractivity (Wildman–Crippen MR) is 172 cm³/mol. The molecule has 7 aliphatic rings. The molecule has 0 unspecified atom stereocenters. The standard InChI is InChI=1S/C38H64O6/c1-2-16-34-18-4-3-17-33(34,15-1)39-27-13-29-41-35-19-5-9-23-37(35,24-10-6-20-35)43-31-32-44-38-25-11-7-21-36(38,22-8-12-26-38)42-30-14-28-40-34/h1-32H2. The molecular weight excluding hydrogens is 552 g/mol. The summed E-state index contributed by atoms with van der Waals surface area (Å²) in [5, 5.41) is 0. The van der Waals surface area contributed by atoms with Crippen LogP contribution in [-0.4, -0.2) is 73.2 Å². The van der Waals surface area contributed by atoms with Crippen molar-refractivity contribution in [3.63, 3.8) is 0 Å². The Morgan fingerprint density at radius 1 is 0.182 bits per heavy atom. The molecule has 7 fully saturated rings. The van der Waals surface area contributed by atoms with Crippen LogP contribution in [0.4, 0.5) is 0 Å². The molecule has 0 N–H and O–H groups in total. The van der Waals surface area contributed by atoms with Crippen molar-refractivity contribution in [3.8, 4) is 0 Å². The van der Waals surface area contributed by atoms with Crippen molar-refractivity contribution < 1.29 is 28.4 Å². The highest BCUT2D eigenvalue weighted by molar-refractivity contribution is 5.10. The zero-order valence-electron chi connectivity index (χ0n) is 28.1. The Hall–Kier alpha value is -0.240. The molecule has 0 atom stereocenters. The molecule has 0 bridgehead atoms. The molecule has 0 aromatic heterocycles. The fraction of sp³-hybridized carbons (Fsp3) is 1.00. The highest BCUT2D eigenvalue weighted by Crippen LogP contribution is 2.55. The van der Waals surface area contributed by atoms with Gasteiger partial charge in [-0.2, -0.15) is 0 Å². The Bertz CT molecular complexity index is 822. The van der Waals surface area contributed by atoms with Gasteiger partial charge in [0, 0.05) is 26.4 Å². The van der Waals surface area contributed by atoms with E-state index in [1.807, 2.05) is 0 Å². The molecule has 6 saturated carbocycles. The van der Waals surface area contributed by atoms with Crippen LogP contribution in [0, 0.1) is 0 Å². The average Bonchev–Trinajstić information content (AvgIpc) is 3.06. The first-order valence-corrected chi connectivity index (χ1v) is 19.4. The van der Waals surface area contributed by atoms with Gasteiger partial charge < -0.3 is 28.4 Å². The van der Waals surface area contributed by atoms with Crippen molar-refractivity contribution in [3.05, 3.63) is 0 Å². The van der Waals surface area contributed by atoms with Crippen molar-refractivity contribution in [2.24, 2.45) is 0 Å². The Kier molecular flexibility index (Phi) is 10.1. The van der Waals surface area contributed by atoms with Gasteiger partial charge in [-0.1, -0.05) is 77.0 Å². The lowest BCUT2D eigenvalue weighted by Crippen LogP contribution is -2.63. The zero-order valence-corrected chi connectivity index (χ0v) is 28.1. The third-order valence-corrected chi connectivity index (χ3v) is 13.9. The van der Waals surface area contributed by atoms with Crippen molar-refractivity contribution in [1.82, 2.24) is 0 Å². The van der Waals surface area contributed by atoms with Crippen LogP contribution in [0.2, 0.25) is 0 Å². The van der Waals surface area contributed by atoms with Crippen LogP contribution < -0.4 is 0 Å². The molecule has 7 rings (SSSR count). The van der Waals surface area contributed by atoms with E-state index in [0.717, 1.165) is 116 Å². The maximum absolute atomic E-state index is 7.07. The van der Waals surface area contributed by atoms with Gasteiger partial charge in [0.25, 0.3) is 0 Å². The Balaban J connectivity index is 1.14. The lowest BCUT2D eigenvalue weighted by molar-refractivity contribution is -0.275. The van der Waals surface area contributed by atoms with Gasteiger partial charge in [0.15, 0.2) is 0 Å². The van der Waals surface area contributed by atoms with E-state index in [1.54, 1.807) is 0 Å². The van der Waals surface area contributed by atoms with Crippen LogP contribution in [-0.2, 0) is 28.4 Å². The highest BCUT2D eigenvalue weighted by Gasteiger charge is 2.59. The van der Waals surface area contributed by atoms with E-state index < -0.39 is 0 Å². The topological polar surface area (TPSA) is 55.4 Å². The van der Waals surface area contributed by atoms with E-state index in [0.29, 0.717) is 13.2 Å². The van der Waals surface area contributed by atoms with Gasteiger partial charge in [-0.05, 0) is 89.9 Å². The predicted octanol–water partition coefficient (Wildman–Crippen LogP) is 8.76. The summed E-state index contributed by atoms with van der Waals surface area (Å²) in [4.78, 5) is 0. The SMILES string of the molecule is C1COC23CCCCC2(CCCC3)OCCCOC23CCCCC2(CCCC3)OCCOC23CCCCC2(CCCC3)OC1. The van der Waals surface area contributed by atoms with Gasteiger partial charge >= 0.3 is 0 Å². The fourth-order valence-electron chi connectivity index (χ4n) is 11.7.